The number of halogens is 1. The molecule has 30 heavy (non-hydrogen) atoms. The molecule has 4 rings (SSSR count). The van der Waals surface area contributed by atoms with Gasteiger partial charge >= 0.3 is 0 Å². The molecule has 0 atom stereocenters. The number of aromatic nitrogens is 5. The van der Waals surface area contributed by atoms with E-state index in [-0.39, 0.29) is 23.4 Å². The second kappa shape index (κ2) is 7.72. The van der Waals surface area contributed by atoms with Crippen molar-refractivity contribution in [2.45, 2.75) is 6.54 Å². The molecule has 4 aromatic rings. The molecule has 12 heteroatoms. The summed E-state index contributed by atoms with van der Waals surface area (Å²) in [7, 11) is 0. The van der Waals surface area contributed by atoms with Crippen LogP contribution in [0.3, 0.4) is 0 Å². The van der Waals surface area contributed by atoms with Crippen LogP contribution in [-0.4, -0.2) is 35.4 Å². The number of carbonyl (C=O) groups excluding carboxylic acids is 1. The van der Waals surface area contributed by atoms with E-state index in [1.807, 2.05) is 0 Å². The molecule has 0 aliphatic rings. The van der Waals surface area contributed by atoms with E-state index in [2.05, 4.69) is 20.6 Å². The molecule has 0 fully saturated rings. The molecule has 0 saturated carbocycles. The number of nitrogens with zero attached hydrogens (tertiary/aromatic N) is 6. The molecule has 0 unspecified atom stereocenters. The molecule has 11 nitrogen and oxygen atoms in total. The Labute approximate surface area is 172 Å². The van der Waals surface area contributed by atoms with E-state index in [9.17, 15) is 19.7 Å². The number of hydrogen-bond donors (Lipinski definition) is 1. The van der Waals surface area contributed by atoms with Crippen LogP contribution in [0.4, 0.5) is 11.4 Å². The summed E-state index contributed by atoms with van der Waals surface area (Å²) < 4.78 is 2.50. The highest BCUT2D eigenvalue weighted by Crippen LogP contribution is 2.16. The molecule has 2 heterocycles. The average molecular weight is 426 g/mol. The number of hydrogen-bond acceptors (Lipinski definition) is 7. The molecular weight excluding hydrogens is 414 g/mol. The first-order valence-electron chi connectivity index (χ1n) is 8.53. The number of nitro groups is 1. The molecule has 0 aliphatic heterocycles. The molecule has 2 aromatic carbocycles. The monoisotopic (exact) mass is 425 g/mol. The lowest BCUT2D eigenvalue weighted by Gasteiger charge is -2.07. The van der Waals surface area contributed by atoms with Crippen molar-refractivity contribution in [2.75, 3.05) is 5.32 Å². The Balaban J connectivity index is 1.55. The van der Waals surface area contributed by atoms with Crippen molar-refractivity contribution in [1.29, 1.82) is 0 Å². The summed E-state index contributed by atoms with van der Waals surface area (Å²) >= 11 is 5.88. The van der Waals surface area contributed by atoms with Crippen LogP contribution in [0.5, 0.6) is 0 Å². The topological polar surface area (TPSA) is 138 Å². The van der Waals surface area contributed by atoms with Crippen LogP contribution in [0, 0.1) is 10.1 Å². The Bertz CT molecular complexity index is 1310. The van der Waals surface area contributed by atoms with Crippen molar-refractivity contribution in [3.05, 3.63) is 80.3 Å². The fourth-order valence-corrected chi connectivity index (χ4v) is 2.86. The number of amides is 1. The van der Waals surface area contributed by atoms with Gasteiger partial charge in [0.15, 0.2) is 11.2 Å². The highest BCUT2D eigenvalue weighted by Gasteiger charge is 2.15. The van der Waals surface area contributed by atoms with Gasteiger partial charge in [-0.25, -0.2) is 4.98 Å². The smallest absolute Gasteiger partial charge is 0.284 e. The van der Waals surface area contributed by atoms with Crippen molar-refractivity contribution in [3.8, 4) is 5.69 Å². The Morgan fingerprint density at radius 1 is 1.13 bits per heavy atom. The summed E-state index contributed by atoms with van der Waals surface area (Å²) in [5.41, 5.74) is 0.621. The predicted octanol–water partition coefficient (Wildman–Crippen LogP) is 2.18. The molecule has 150 valence electrons. The van der Waals surface area contributed by atoms with Gasteiger partial charge in [-0.2, -0.15) is 4.68 Å². The largest absolute Gasteiger partial charge is 0.325 e. The van der Waals surface area contributed by atoms with Crippen LogP contribution >= 0.6 is 11.6 Å². The van der Waals surface area contributed by atoms with Crippen molar-refractivity contribution in [1.82, 2.24) is 24.5 Å². The maximum absolute atomic E-state index is 12.7. The van der Waals surface area contributed by atoms with Gasteiger partial charge in [0.1, 0.15) is 12.9 Å². The van der Waals surface area contributed by atoms with Crippen LogP contribution in [0.15, 0.2) is 59.7 Å². The van der Waals surface area contributed by atoms with Crippen molar-refractivity contribution >= 4 is 40.0 Å². The van der Waals surface area contributed by atoms with Gasteiger partial charge in [0, 0.05) is 22.8 Å². The van der Waals surface area contributed by atoms with E-state index in [0.717, 1.165) is 4.57 Å². The van der Waals surface area contributed by atoms with Gasteiger partial charge < -0.3 is 5.32 Å². The number of rotatable bonds is 5. The minimum Gasteiger partial charge on any atom is -0.325 e. The lowest BCUT2D eigenvalue weighted by atomic mass is 10.3. The zero-order valence-corrected chi connectivity index (χ0v) is 15.9. The highest BCUT2D eigenvalue weighted by atomic mass is 35.5. The maximum Gasteiger partial charge on any atom is 0.284 e. The SMILES string of the molecule is O=C(Cn1cnc2c(nnn2-c2ccc(Cl)cc2)c1=O)Nc1ccc([N+](=O)[O-])cc1. The molecule has 0 spiro atoms. The van der Waals surface area contributed by atoms with Gasteiger partial charge in [-0.05, 0) is 36.4 Å². The average Bonchev–Trinajstić information content (AvgIpc) is 3.16. The van der Waals surface area contributed by atoms with Crippen molar-refractivity contribution < 1.29 is 9.72 Å². The first-order valence-corrected chi connectivity index (χ1v) is 8.91. The molecule has 0 radical (unpaired) electrons. The summed E-state index contributed by atoms with van der Waals surface area (Å²) in [6, 6.07) is 12.1. The van der Waals surface area contributed by atoms with Crippen molar-refractivity contribution in [2.24, 2.45) is 0 Å². The third-order valence-electron chi connectivity index (χ3n) is 4.18. The highest BCUT2D eigenvalue weighted by molar-refractivity contribution is 6.30. The van der Waals surface area contributed by atoms with Crippen LogP contribution in [-0.2, 0) is 11.3 Å². The van der Waals surface area contributed by atoms with Crippen LogP contribution in [0.2, 0.25) is 5.02 Å². The van der Waals surface area contributed by atoms with E-state index in [4.69, 9.17) is 11.6 Å². The minimum absolute atomic E-state index is 0.00980. The lowest BCUT2D eigenvalue weighted by Crippen LogP contribution is -2.28. The number of carbonyl (C=O) groups is 1. The summed E-state index contributed by atoms with van der Waals surface area (Å²) in [4.78, 5) is 39.3. The quantitative estimate of drug-likeness (QED) is 0.382. The van der Waals surface area contributed by atoms with E-state index in [1.54, 1.807) is 24.3 Å². The number of non-ortho nitro benzene ring substituents is 1. The fraction of sp³-hybridized carbons (Fsp3) is 0.0556. The Morgan fingerprint density at radius 3 is 2.50 bits per heavy atom. The molecule has 1 amide bonds. The summed E-state index contributed by atoms with van der Waals surface area (Å²) in [5.74, 6) is -0.503. The van der Waals surface area contributed by atoms with Gasteiger partial charge in [-0.1, -0.05) is 16.8 Å². The number of nitrogens with one attached hydrogen (secondary N) is 1. The Kier molecular flexibility index (Phi) is 4.94. The number of anilines is 1. The van der Waals surface area contributed by atoms with Crippen LogP contribution < -0.4 is 10.9 Å². The first-order chi connectivity index (χ1) is 14.4. The molecule has 1 N–H and O–H groups in total. The van der Waals surface area contributed by atoms with Gasteiger partial charge in [-0.3, -0.25) is 24.3 Å². The van der Waals surface area contributed by atoms with Gasteiger partial charge in [0.25, 0.3) is 11.2 Å². The fourth-order valence-electron chi connectivity index (χ4n) is 2.73. The van der Waals surface area contributed by atoms with E-state index in [0.29, 0.717) is 16.4 Å². The number of fused-ring (bicyclic) bond motifs is 1. The summed E-state index contributed by atoms with van der Waals surface area (Å²) in [6.45, 7) is -0.313. The first kappa shape index (κ1) is 19.2. The van der Waals surface area contributed by atoms with Gasteiger partial charge in [0.05, 0.1) is 10.6 Å². The van der Waals surface area contributed by atoms with Gasteiger partial charge in [0.2, 0.25) is 5.91 Å². The van der Waals surface area contributed by atoms with E-state index >= 15 is 0 Å². The summed E-state index contributed by atoms with van der Waals surface area (Å²) in [5, 5.41) is 21.6. The second-order valence-corrected chi connectivity index (χ2v) is 6.62. The van der Waals surface area contributed by atoms with E-state index < -0.39 is 16.4 Å². The maximum atomic E-state index is 12.7. The predicted molar refractivity (Wildman–Crippen MR) is 108 cm³/mol. The Morgan fingerprint density at radius 2 is 1.83 bits per heavy atom. The van der Waals surface area contributed by atoms with Gasteiger partial charge in [-0.15, -0.1) is 5.10 Å². The third kappa shape index (κ3) is 3.73. The van der Waals surface area contributed by atoms with E-state index in [1.165, 1.54) is 35.3 Å². The Hall–Kier alpha value is -4.12. The van der Waals surface area contributed by atoms with Crippen molar-refractivity contribution in [3.63, 3.8) is 0 Å². The molecule has 0 aliphatic carbocycles. The van der Waals surface area contributed by atoms with Crippen LogP contribution in [0.1, 0.15) is 0 Å². The van der Waals surface area contributed by atoms with Crippen LogP contribution in [0.25, 0.3) is 16.9 Å². The zero-order valence-electron chi connectivity index (χ0n) is 15.1. The molecular formula is C18H12ClN7O4. The molecule has 0 bridgehead atoms. The molecule has 0 saturated heterocycles. The normalized spacial score (nSPS) is 10.8. The second-order valence-electron chi connectivity index (χ2n) is 6.18. The zero-order chi connectivity index (χ0) is 21.3. The minimum atomic E-state index is -0.538. The number of benzene rings is 2. The standard InChI is InChI=1S/C18H12ClN7O4/c19-11-1-5-13(6-2-11)25-17-16(22-23-25)18(28)24(10-20-17)9-15(27)21-12-3-7-14(8-4-12)26(29)30/h1-8,10H,9H2,(H,21,27). The number of nitro benzene ring substituents is 1. The summed E-state index contributed by atoms with van der Waals surface area (Å²) in [6.07, 6.45) is 1.23. The third-order valence-corrected chi connectivity index (χ3v) is 4.43. The molecule has 2 aromatic heterocycles. The lowest BCUT2D eigenvalue weighted by molar-refractivity contribution is -0.384.